The molecule has 0 radical (unpaired) electrons. The van der Waals surface area contributed by atoms with Gasteiger partial charge in [-0.3, -0.25) is 14.5 Å². The van der Waals surface area contributed by atoms with Crippen molar-refractivity contribution in [3.05, 3.63) is 18.2 Å². The minimum absolute atomic E-state index is 0.0162. The second kappa shape index (κ2) is 9.96. The Balaban J connectivity index is 1.74. The number of amides is 2. The quantitative estimate of drug-likeness (QED) is 0.758. The van der Waals surface area contributed by atoms with Gasteiger partial charge >= 0.3 is 0 Å². The Morgan fingerprint density at radius 2 is 1.62 bits per heavy atom. The second-order valence-corrected chi connectivity index (χ2v) is 7.85. The highest BCUT2D eigenvalue weighted by Gasteiger charge is 2.37. The summed E-state index contributed by atoms with van der Waals surface area (Å²) in [7, 11) is 3.19. The summed E-state index contributed by atoms with van der Waals surface area (Å²) in [4.78, 5) is 29.5. The maximum atomic E-state index is 13.4. The van der Waals surface area contributed by atoms with Crippen molar-refractivity contribution in [2.75, 3.05) is 45.7 Å². The fourth-order valence-electron chi connectivity index (χ4n) is 4.52. The van der Waals surface area contributed by atoms with Crippen LogP contribution in [0.15, 0.2) is 18.2 Å². The van der Waals surface area contributed by atoms with Gasteiger partial charge in [0.2, 0.25) is 11.8 Å². The molecule has 1 saturated heterocycles. The first-order valence-corrected chi connectivity index (χ1v) is 10.6. The van der Waals surface area contributed by atoms with E-state index in [-0.39, 0.29) is 17.9 Å². The predicted molar refractivity (Wildman–Crippen MR) is 112 cm³/mol. The van der Waals surface area contributed by atoms with Crippen molar-refractivity contribution in [2.45, 2.75) is 45.1 Å². The monoisotopic (exact) mass is 403 g/mol. The van der Waals surface area contributed by atoms with Crippen molar-refractivity contribution in [3.63, 3.8) is 0 Å². The average Bonchev–Trinajstić information content (AvgIpc) is 3.27. The molecule has 1 heterocycles. The van der Waals surface area contributed by atoms with E-state index in [1.54, 1.807) is 20.3 Å². The van der Waals surface area contributed by atoms with E-state index in [9.17, 15) is 9.59 Å². The molecule has 7 heteroatoms. The molecule has 0 unspecified atom stereocenters. The van der Waals surface area contributed by atoms with Crippen molar-refractivity contribution in [3.8, 4) is 11.5 Å². The van der Waals surface area contributed by atoms with Gasteiger partial charge in [0.1, 0.15) is 11.5 Å². The molecule has 1 aliphatic carbocycles. The Hall–Kier alpha value is -2.28. The molecule has 2 aliphatic rings. The van der Waals surface area contributed by atoms with E-state index in [4.69, 9.17) is 9.47 Å². The van der Waals surface area contributed by atoms with Gasteiger partial charge in [-0.25, -0.2) is 0 Å². The summed E-state index contributed by atoms with van der Waals surface area (Å²) < 4.78 is 10.6. The zero-order chi connectivity index (χ0) is 20.8. The van der Waals surface area contributed by atoms with Crippen LogP contribution in [0.5, 0.6) is 11.5 Å². The fraction of sp³-hybridized carbons (Fsp3) is 0.636. The molecule has 29 heavy (non-hydrogen) atoms. The third-order valence-corrected chi connectivity index (χ3v) is 6.10. The summed E-state index contributed by atoms with van der Waals surface area (Å²) in [5, 5.41) is 3.09. The van der Waals surface area contributed by atoms with E-state index in [0.717, 1.165) is 25.9 Å². The van der Waals surface area contributed by atoms with E-state index in [1.165, 1.54) is 12.8 Å². The van der Waals surface area contributed by atoms with Gasteiger partial charge in [-0.1, -0.05) is 19.8 Å². The molecule has 1 saturated carbocycles. The lowest BCUT2D eigenvalue weighted by Gasteiger charge is -2.40. The number of carbonyl (C=O) groups excluding carboxylic acids is 2. The zero-order valence-corrected chi connectivity index (χ0v) is 17.8. The third-order valence-electron chi connectivity index (χ3n) is 6.10. The number of carbonyl (C=O) groups is 2. The Labute approximate surface area is 173 Å². The highest BCUT2D eigenvalue weighted by Crippen LogP contribution is 2.32. The van der Waals surface area contributed by atoms with Crippen LogP contribution in [0.2, 0.25) is 0 Å². The first-order chi connectivity index (χ1) is 14.0. The molecule has 0 aromatic heterocycles. The van der Waals surface area contributed by atoms with Crippen molar-refractivity contribution >= 4 is 17.5 Å². The van der Waals surface area contributed by atoms with Crippen LogP contribution in [0.1, 0.15) is 39.0 Å². The highest BCUT2D eigenvalue weighted by atomic mass is 16.5. The van der Waals surface area contributed by atoms with Gasteiger partial charge in [0.15, 0.2) is 0 Å². The Kier molecular flexibility index (Phi) is 7.36. The lowest BCUT2D eigenvalue weighted by molar-refractivity contribution is -0.134. The van der Waals surface area contributed by atoms with Crippen LogP contribution < -0.4 is 14.8 Å². The summed E-state index contributed by atoms with van der Waals surface area (Å²) in [6.07, 6.45) is 5.04. The van der Waals surface area contributed by atoms with Crippen LogP contribution in [0, 0.1) is 5.92 Å². The second-order valence-electron chi connectivity index (χ2n) is 7.85. The first-order valence-electron chi connectivity index (χ1n) is 10.6. The summed E-state index contributed by atoms with van der Waals surface area (Å²) in [6, 6.07) is 5.23. The van der Waals surface area contributed by atoms with Gasteiger partial charge in [-0.05, 0) is 18.8 Å². The third kappa shape index (κ3) is 5.21. The number of rotatable bonds is 7. The Morgan fingerprint density at radius 3 is 2.14 bits per heavy atom. The molecular weight excluding hydrogens is 370 g/mol. The van der Waals surface area contributed by atoms with Crippen LogP contribution in [-0.4, -0.2) is 68.1 Å². The number of anilines is 1. The van der Waals surface area contributed by atoms with Gasteiger partial charge in [-0.15, -0.1) is 0 Å². The number of nitrogens with one attached hydrogen (secondary N) is 1. The molecule has 1 aliphatic heterocycles. The summed E-state index contributed by atoms with van der Waals surface area (Å²) in [5.41, 5.74) is 0.675. The summed E-state index contributed by atoms with van der Waals surface area (Å²) >= 11 is 0. The largest absolute Gasteiger partial charge is 0.497 e. The van der Waals surface area contributed by atoms with E-state index in [2.05, 4.69) is 10.2 Å². The number of nitrogens with zero attached hydrogens (tertiary/aromatic N) is 2. The zero-order valence-electron chi connectivity index (χ0n) is 17.8. The lowest BCUT2D eigenvalue weighted by Crippen LogP contribution is -2.56. The number of methoxy groups -OCH3 is 2. The van der Waals surface area contributed by atoms with Crippen LogP contribution >= 0.6 is 0 Å². The van der Waals surface area contributed by atoms with Crippen molar-refractivity contribution in [1.29, 1.82) is 0 Å². The highest BCUT2D eigenvalue weighted by molar-refractivity contribution is 5.95. The molecule has 7 nitrogen and oxygen atoms in total. The predicted octanol–water partition coefficient (Wildman–Crippen LogP) is 2.76. The maximum Gasteiger partial charge on any atom is 0.242 e. The van der Waals surface area contributed by atoms with Crippen molar-refractivity contribution in [1.82, 2.24) is 9.80 Å². The molecule has 0 spiro atoms. The normalized spacial score (nSPS) is 19.1. The van der Waals surface area contributed by atoms with Gasteiger partial charge in [-0.2, -0.15) is 0 Å². The van der Waals surface area contributed by atoms with Gasteiger partial charge in [0.25, 0.3) is 0 Å². The average molecular weight is 404 g/mol. The molecule has 1 N–H and O–H groups in total. The number of benzene rings is 1. The molecular formula is C22H33N3O4. The molecule has 1 atom stereocenters. The Bertz CT molecular complexity index is 688. The van der Waals surface area contributed by atoms with Crippen molar-refractivity contribution in [2.24, 2.45) is 5.92 Å². The molecule has 3 rings (SSSR count). The van der Waals surface area contributed by atoms with E-state index < -0.39 is 0 Å². The fourth-order valence-corrected chi connectivity index (χ4v) is 4.52. The number of ether oxygens (including phenoxy) is 2. The Morgan fingerprint density at radius 1 is 1.03 bits per heavy atom. The minimum Gasteiger partial charge on any atom is -0.497 e. The van der Waals surface area contributed by atoms with E-state index in [1.807, 2.05) is 24.0 Å². The van der Waals surface area contributed by atoms with Crippen LogP contribution in [0.25, 0.3) is 0 Å². The number of hydrogen-bond acceptors (Lipinski definition) is 5. The first kappa shape index (κ1) is 21.4. The molecule has 0 bridgehead atoms. The SMILES string of the molecule is CCC(=O)N1CCN([C@H](C(=O)Nc2cc(OC)cc(OC)c2)C2CCCC2)CC1. The number of piperazine rings is 1. The van der Waals surface area contributed by atoms with Crippen LogP contribution in [-0.2, 0) is 9.59 Å². The molecule has 160 valence electrons. The maximum absolute atomic E-state index is 13.4. The van der Waals surface area contributed by atoms with Gasteiger partial charge < -0.3 is 19.7 Å². The van der Waals surface area contributed by atoms with Gasteiger partial charge in [0.05, 0.1) is 20.3 Å². The smallest absolute Gasteiger partial charge is 0.242 e. The summed E-state index contributed by atoms with van der Waals surface area (Å²) in [6.45, 7) is 4.75. The van der Waals surface area contributed by atoms with Crippen molar-refractivity contribution < 1.29 is 19.1 Å². The van der Waals surface area contributed by atoms with Crippen LogP contribution in [0.4, 0.5) is 5.69 Å². The minimum atomic E-state index is -0.173. The standard InChI is InChI=1S/C22H33N3O4/c1-4-20(26)24-9-11-25(12-10-24)21(16-7-5-6-8-16)22(27)23-17-13-18(28-2)15-19(14-17)29-3/h13-16,21H,4-12H2,1-3H3,(H,23,27)/t21-/m0/s1. The molecule has 1 aromatic rings. The molecule has 1 aromatic carbocycles. The topological polar surface area (TPSA) is 71.1 Å². The lowest BCUT2D eigenvalue weighted by atomic mass is 9.94. The molecule has 2 amide bonds. The van der Waals surface area contributed by atoms with Crippen LogP contribution in [0.3, 0.4) is 0 Å². The van der Waals surface area contributed by atoms with E-state index >= 15 is 0 Å². The molecule has 2 fully saturated rings. The number of hydrogen-bond donors (Lipinski definition) is 1. The summed E-state index contributed by atoms with van der Waals surface area (Å²) in [5.74, 6) is 1.85. The van der Waals surface area contributed by atoms with E-state index in [0.29, 0.717) is 42.6 Å². The van der Waals surface area contributed by atoms with Gasteiger partial charge in [0, 0.05) is 56.5 Å².